The van der Waals surface area contributed by atoms with Gasteiger partial charge in [0.15, 0.2) is 0 Å². The highest BCUT2D eigenvalue weighted by Crippen LogP contribution is 2.48. The highest BCUT2D eigenvalue weighted by Gasteiger charge is 2.49. The number of fused-ring (bicyclic) bond motifs is 2. The summed E-state index contributed by atoms with van der Waals surface area (Å²) in [6.07, 6.45) is 5.24. The molecule has 1 atom stereocenters. The monoisotopic (exact) mass is 354 g/mol. The number of benzene rings is 1. The lowest BCUT2D eigenvalue weighted by Crippen LogP contribution is -2.43. The minimum absolute atomic E-state index is 0.0876. The number of ether oxygens (including phenoxy) is 1. The Bertz CT molecular complexity index is 914. The van der Waals surface area contributed by atoms with Crippen molar-refractivity contribution >= 4 is 17.8 Å². The molecule has 0 saturated heterocycles. The van der Waals surface area contributed by atoms with Gasteiger partial charge in [-0.2, -0.15) is 5.10 Å². The van der Waals surface area contributed by atoms with Crippen molar-refractivity contribution in [3.63, 3.8) is 0 Å². The number of carbonyl (C=O) groups is 2. The van der Waals surface area contributed by atoms with Crippen LogP contribution in [0.5, 0.6) is 0 Å². The van der Waals surface area contributed by atoms with Gasteiger partial charge in [0.2, 0.25) is 0 Å². The Labute approximate surface area is 150 Å². The second kappa shape index (κ2) is 6.20. The molecule has 0 N–H and O–H groups in total. The van der Waals surface area contributed by atoms with Gasteiger partial charge in [-0.3, -0.25) is 9.59 Å². The summed E-state index contributed by atoms with van der Waals surface area (Å²) in [5, 5.41) is 4.42. The quantitative estimate of drug-likeness (QED) is 0.794. The SMILES string of the molecule is CCOC(=O)C12CC(=O)CCC1=Cc1c(cnn1-c1ccc(F)cc1)C2. The van der Waals surface area contributed by atoms with E-state index >= 15 is 0 Å². The third-order valence-corrected chi connectivity index (χ3v) is 5.21. The van der Waals surface area contributed by atoms with Gasteiger partial charge in [0.1, 0.15) is 17.0 Å². The lowest BCUT2D eigenvalue weighted by atomic mass is 9.64. The average Bonchev–Trinajstić information content (AvgIpc) is 3.03. The Morgan fingerprint density at radius 3 is 2.77 bits per heavy atom. The molecule has 1 heterocycles. The molecule has 1 aromatic heterocycles. The van der Waals surface area contributed by atoms with Gasteiger partial charge in [0.25, 0.3) is 0 Å². The van der Waals surface area contributed by atoms with E-state index in [2.05, 4.69) is 5.10 Å². The van der Waals surface area contributed by atoms with Crippen molar-refractivity contribution in [3.8, 4) is 5.69 Å². The number of halogens is 1. The van der Waals surface area contributed by atoms with Crippen molar-refractivity contribution in [2.24, 2.45) is 5.41 Å². The van der Waals surface area contributed by atoms with E-state index in [0.29, 0.717) is 19.3 Å². The third kappa shape index (κ3) is 2.57. The minimum atomic E-state index is -0.908. The van der Waals surface area contributed by atoms with Gasteiger partial charge in [-0.15, -0.1) is 0 Å². The van der Waals surface area contributed by atoms with Crippen LogP contribution in [-0.4, -0.2) is 28.1 Å². The molecule has 1 saturated carbocycles. The molecule has 6 heteroatoms. The van der Waals surface area contributed by atoms with E-state index in [1.807, 2.05) is 6.08 Å². The van der Waals surface area contributed by atoms with Crippen LogP contribution < -0.4 is 0 Å². The average molecular weight is 354 g/mol. The van der Waals surface area contributed by atoms with Crippen molar-refractivity contribution in [1.82, 2.24) is 9.78 Å². The van der Waals surface area contributed by atoms with Gasteiger partial charge in [-0.1, -0.05) is 0 Å². The summed E-state index contributed by atoms with van der Waals surface area (Å²) in [6, 6.07) is 6.11. The fourth-order valence-electron chi connectivity index (χ4n) is 3.94. The van der Waals surface area contributed by atoms with Crippen molar-refractivity contribution in [2.45, 2.75) is 32.6 Å². The van der Waals surface area contributed by atoms with Crippen LogP contribution in [-0.2, 0) is 20.7 Å². The van der Waals surface area contributed by atoms with E-state index in [1.165, 1.54) is 12.1 Å². The zero-order valence-electron chi connectivity index (χ0n) is 14.5. The predicted octanol–water partition coefficient (Wildman–Crippen LogP) is 3.25. The number of nitrogens with zero attached hydrogens (tertiary/aromatic N) is 2. The number of hydrogen-bond acceptors (Lipinski definition) is 4. The fourth-order valence-corrected chi connectivity index (χ4v) is 3.94. The second-order valence-corrected chi connectivity index (χ2v) is 6.81. The van der Waals surface area contributed by atoms with Crippen LogP contribution in [0.15, 0.2) is 36.0 Å². The molecular formula is C20H19FN2O3. The van der Waals surface area contributed by atoms with Gasteiger partial charge in [-0.25, -0.2) is 9.07 Å². The summed E-state index contributed by atoms with van der Waals surface area (Å²) in [7, 11) is 0. The molecule has 2 aliphatic carbocycles. The fraction of sp³-hybridized carbons (Fsp3) is 0.350. The molecule has 1 fully saturated rings. The molecule has 4 rings (SSSR count). The lowest BCUT2D eigenvalue weighted by Gasteiger charge is -2.39. The molecule has 0 aliphatic heterocycles. The van der Waals surface area contributed by atoms with E-state index in [4.69, 9.17) is 4.74 Å². The molecule has 0 spiro atoms. The van der Waals surface area contributed by atoms with Gasteiger partial charge < -0.3 is 4.74 Å². The van der Waals surface area contributed by atoms with Crippen molar-refractivity contribution in [2.75, 3.05) is 6.61 Å². The number of hydrogen-bond donors (Lipinski definition) is 0. The van der Waals surface area contributed by atoms with Crippen molar-refractivity contribution in [3.05, 3.63) is 53.1 Å². The summed E-state index contributed by atoms with van der Waals surface area (Å²) in [6.45, 7) is 2.05. The first kappa shape index (κ1) is 16.7. The van der Waals surface area contributed by atoms with Gasteiger partial charge >= 0.3 is 5.97 Å². The van der Waals surface area contributed by atoms with E-state index < -0.39 is 5.41 Å². The zero-order chi connectivity index (χ0) is 18.3. The van der Waals surface area contributed by atoms with E-state index in [-0.39, 0.29) is 30.6 Å². The minimum Gasteiger partial charge on any atom is -0.465 e. The Morgan fingerprint density at radius 2 is 2.04 bits per heavy atom. The van der Waals surface area contributed by atoms with Crippen LogP contribution in [0.2, 0.25) is 0 Å². The standard InChI is InChI=1S/C20H19FN2O3/c1-2-26-19(25)20-10-13-12-22-23(16-6-4-15(21)5-7-16)18(13)9-14(20)3-8-17(24)11-20/h4-7,9,12H,2-3,8,10-11H2,1H3. The van der Waals surface area contributed by atoms with E-state index in [9.17, 15) is 14.0 Å². The maximum atomic E-state index is 13.2. The maximum absolute atomic E-state index is 13.2. The molecule has 0 amide bonds. The first-order chi connectivity index (χ1) is 12.5. The summed E-state index contributed by atoms with van der Waals surface area (Å²) >= 11 is 0. The van der Waals surface area contributed by atoms with Gasteiger partial charge in [-0.05, 0) is 61.2 Å². The zero-order valence-corrected chi connectivity index (χ0v) is 14.5. The molecule has 2 aromatic rings. The van der Waals surface area contributed by atoms with Crippen LogP contribution in [0, 0.1) is 11.2 Å². The number of ketones is 1. The van der Waals surface area contributed by atoms with Crippen LogP contribution in [0.3, 0.4) is 0 Å². The van der Waals surface area contributed by atoms with Crippen LogP contribution in [0.25, 0.3) is 11.8 Å². The number of rotatable bonds is 3. The van der Waals surface area contributed by atoms with Gasteiger partial charge in [0.05, 0.1) is 24.2 Å². The van der Waals surface area contributed by atoms with Crippen molar-refractivity contribution in [1.29, 1.82) is 0 Å². The summed E-state index contributed by atoms with van der Waals surface area (Å²) < 4.78 is 20.3. The summed E-state index contributed by atoms with van der Waals surface area (Å²) in [5.74, 6) is -0.552. The summed E-state index contributed by atoms with van der Waals surface area (Å²) in [5.41, 5.74) is 2.53. The van der Waals surface area contributed by atoms with E-state index in [0.717, 1.165) is 22.5 Å². The van der Waals surface area contributed by atoms with Gasteiger partial charge in [0, 0.05) is 12.8 Å². The smallest absolute Gasteiger partial charge is 0.317 e. The molecule has 0 radical (unpaired) electrons. The number of esters is 1. The molecule has 26 heavy (non-hydrogen) atoms. The van der Waals surface area contributed by atoms with Crippen molar-refractivity contribution < 1.29 is 18.7 Å². The Hall–Kier alpha value is -2.76. The normalized spacial score (nSPS) is 21.6. The molecule has 1 unspecified atom stereocenters. The van der Waals surface area contributed by atoms with Crippen LogP contribution in [0.4, 0.5) is 4.39 Å². The molecule has 1 aromatic carbocycles. The molecule has 2 aliphatic rings. The highest BCUT2D eigenvalue weighted by molar-refractivity contribution is 5.94. The highest BCUT2D eigenvalue weighted by atomic mass is 19.1. The first-order valence-electron chi connectivity index (χ1n) is 8.76. The third-order valence-electron chi connectivity index (χ3n) is 5.21. The molecule has 134 valence electrons. The summed E-state index contributed by atoms with van der Waals surface area (Å²) in [4.78, 5) is 24.9. The molecule has 0 bridgehead atoms. The van der Waals surface area contributed by atoms with Crippen LogP contribution >= 0.6 is 0 Å². The number of aromatic nitrogens is 2. The number of Topliss-reactive ketones (excluding diaryl/α,β-unsaturated/α-hetero) is 1. The number of carbonyl (C=O) groups excluding carboxylic acids is 2. The molecular weight excluding hydrogens is 335 g/mol. The maximum Gasteiger partial charge on any atom is 0.317 e. The van der Waals surface area contributed by atoms with E-state index in [1.54, 1.807) is 29.9 Å². The Balaban J connectivity index is 1.80. The predicted molar refractivity (Wildman–Crippen MR) is 93.1 cm³/mol. The largest absolute Gasteiger partial charge is 0.465 e. The Morgan fingerprint density at radius 1 is 1.27 bits per heavy atom. The topological polar surface area (TPSA) is 61.2 Å². The first-order valence-corrected chi connectivity index (χ1v) is 8.76. The van der Waals surface area contributed by atoms with Crippen LogP contribution in [0.1, 0.15) is 37.4 Å². The lowest BCUT2D eigenvalue weighted by molar-refractivity contribution is -0.156. The second-order valence-electron chi connectivity index (χ2n) is 6.81. The Kier molecular flexibility index (Phi) is 3.98. The molecule has 5 nitrogen and oxygen atoms in total.